The number of hydrogen-bond acceptors (Lipinski definition) is 14. The van der Waals surface area contributed by atoms with Gasteiger partial charge >= 0.3 is 41.2 Å². The number of fused-ring (bicyclic) bond motifs is 1. The van der Waals surface area contributed by atoms with E-state index in [0.29, 0.717) is 0 Å². The number of ether oxygens (including phenoxy) is 5. The van der Waals surface area contributed by atoms with Gasteiger partial charge in [-0.3, -0.25) is 19.2 Å². The third kappa shape index (κ3) is 6.02. The summed E-state index contributed by atoms with van der Waals surface area (Å²) >= 11 is 1.40. The fraction of sp³-hybridized carbons (Fsp3) is 0.379. The maximum atomic E-state index is 15.1. The first-order chi connectivity index (χ1) is 20.5. The second-order valence-electron chi connectivity index (χ2n) is 10.0. The van der Waals surface area contributed by atoms with Gasteiger partial charge in [-0.05, 0) is 40.8 Å². The third-order valence-corrected chi connectivity index (χ3v) is 7.76. The van der Waals surface area contributed by atoms with E-state index in [4.69, 9.17) is 18.9 Å². The highest BCUT2D eigenvalue weighted by Gasteiger charge is 2.81. The molecule has 1 saturated heterocycles. The number of rotatable bonds is 8. The van der Waals surface area contributed by atoms with Crippen molar-refractivity contribution in [2.45, 2.75) is 70.0 Å². The molecule has 3 aromatic rings. The van der Waals surface area contributed by atoms with E-state index in [2.05, 4.69) is 4.74 Å². The number of aliphatic hydroxyl groups excluding tert-OH is 1. The molecule has 0 bridgehead atoms. The zero-order chi connectivity index (χ0) is 32.6. The van der Waals surface area contributed by atoms with Gasteiger partial charge in [-0.15, -0.1) is 11.3 Å². The summed E-state index contributed by atoms with van der Waals surface area (Å²) in [7, 11) is 0. The molecule has 15 heteroatoms. The van der Waals surface area contributed by atoms with Gasteiger partial charge in [0.05, 0.1) is 0 Å². The molecule has 0 saturated carbocycles. The maximum absolute atomic E-state index is 15.1. The number of carbonyl (C=O) groups excluding carboxylic acids is 4. The third-order valence-electron chi connectivity index (χ3n) is 6.64. The molecule has 44 heavy (non-hydrogen) atoms. The monoisotopic (exact) mass is 636 g/mol. The molecule has 1 aromatic heterocycles. The molecule has 0 spiro atoms. The van der Waals surface area contributed by atoms with Crippen LogP contribution in [0.25, 0.3) is 10.1 Å². The van der Waals surface area contributed by atoms with Crippen LogP contribution in [0, 0.1) is 5.82 Å². The molecule has 2 heterocycles. The molecule has 236 valence electrons. The summed E-state index contributed by atoms with van der Waals surface area (Å²) in [6.07, 6.45) is -7.27. The van der Waals surface area contributed by atoms with E-state index in [1.807, 2.05) is 30.3 Å². The summed E-state index contributed by atoms with van der Waals surface area (Å²) in [5.74, 6) is -17.3. The van der Waals surface area contributed by atoms with Crippen LogP contribution in [0.1, 0.15) is 49.8 Å². The molecular weight excluding hydrogens is 607 g/mol. The van der Waals surface area contributed by atoms with Crippen LogP contribution in [-0.2, 0) is 49.3 Å². The fourth-order valence-electron chi connectivity index (χ4n) is 5.00. The summed E-state index contributed by atoms with van der Waals surface area (Å²) in [5, 5.41) is 46.9. The summed E-state index contributed by atoms with van der Waals surface area (Å²) < 4.78 is 41.2. The Bertz CT molecular complexity index is 1570. The van der Waals surface area contributed by atoms with Gasteiger partial charge in [0.15, 0.2) is 12.2 Å². The highest BCUT2D eigenvalue weighted by Crippen LogP contribution is 2.53. The van der Waals surface area contributed by atoms with Crippen molar-refractivity contribution in [2.24, 2.45) is 0 Å². The van der Waals surface area contributed by atoms with Gasteiger partial charge in [0.25, 0.3) is 0 Å². The van der Waals surface area contributed by atoms with Crippen LogP contribution in [0.2, 0.25) is 0 Å². The van der Waals surface area contributed by atoms with Gasteiger partial charge < -0.3 is 44.1 Å². The van der Waals surface area contributed by atoms with Crippen LogP contribution < -0.4 is 0 Å². The molecular formula is C29H29FO13S. The summed E-state index contributed by atoms with van der Waals surface area (Å²) in [6.45, 7) is 3.11. The lowest BCUT2D eigenvalue weighted by Crippen LogP contribution is -2.82. The molecule has 1 fully saturated rings. The number of carbonyl (C=O) groups is 4. The minimum atomic E-state index is -3.96. The first-order valence-electron chi connectivity index (χ1n) is 13.0. The Balaban J connectivity index is 1.92. The van der Waals surface area contributed by atoms with E-state index in [0.717, 1.165) is 54.8 Å². The first-order valence-corrected chi connectivity index (χ1v) is 13.8. The number of esters is 4. The van der Waals surface area contributed by atoms with E-state index in [1.165, 1.54) is 17.4 Å². The van der Waals surface area contributed by atoms with Crippen LogP contribution in [-0.4, -0.2) is 74.1 Å². The molecule has 6 atom stereocenters. The lowest BCUT2D eigenvalue weighted by Gasteiger charge is -2.56. The minimum absolute atomic E-state index is 0.0306. The average Bonchev–Trinajstić information content (AvgIpc) is 3.30. The topological polar surface area (TPSA) is 195 Å². The Morgan fingerprint density at radius 3 is 2.09 bits per heavy atom. The fourth-order valence-corrected chi connectivity index (χ4v) is 6.09. The maximum Gasteiger partial charge on any atom is 0.349 e. The number of hydrogen-bond donors (Lipinski definition) is 4. The Morgan fingerprint density at radius 1 is 0.886 bits per heavy atom. The van der Waals surface area contributed by atoms with E-state index >= 15 is 4.39 Å². The SMILES string of the molecule is CC(=O)OC(O)[C@H]1O[C@@H](c2ccc(F)c(Cc3cc4ccccc4s3)c2)[C@@](O)(OC(C)=O)[C@](O)(OC(C)=O)[C@@]1(O)OC(C)=O. The number of thiophene rings is 1. The quantitative estimate of drug-likeness (QED) is 0.159. The predicted octanol–water partition coefficient (Wildman–Crippen LogP) is 1.71. The molecule has 0 aliphatic carbocycles. The van der Waals surface area contributed by atoms with Crippen molar-refractivity contribution in [3.63, 3.8) is 0 Å². The second-order valence-corrected chi connectivity index (χ2v) is 11.2. The Hall–Kier alpha value is -3.99. The lowest BCUT2D eigenvalue weighted by atomic mass is 9.80. The van der Waals surface area contributed by atoms with Gasteiger partial charge in [-0.1, -0.05) is 24.3 Å². The standard InChI is InChI=1S/C29H29FO13S/c1-14(31)39-26(35)25-28(37,42-16(3)33)29(38,43-17(4)34)27(36,41-15(2)32)24(40-25)19-9-10-22(30)20(11-19)13-21-12-18-7-5-6-8-23(18)44-21/h5-12,24-26,35-38H,13H2,1-4H3/t24-,25+,26?,27+,28-,29-/m0/s1. The molecule has 4 N–H and O–H groups in total. The molecule has 13 nitrogen and oxygen atoms in total. The normalized spacial score (nSPS) is 27.3. The summed E-state index contributed by atoms with van der Waals surface area (Å²) in [6, 6.07) is 12.5. The summed E-state index contributed by atoms with van der Waals surface area (Å²) in [5.41, 5.74) is -0.196. The molecule has 1 unspecified atom stereocenters. The van der Waals surface area contributed by atoms with Crippen LogP contribution in [0.3, 0.4) is 0 Å². The molecule has 1 aliphatic rings. The number of benzene rings is 2. The predicted molar refractivity (Wildman–Crippen MR) is 147 cm³/mol. The van der Waals surface area contributed by atoms with Crippen LogP contribution in [0.15, 0.2) is 48.5 Å². The van der Waals surface area contributed by atoms with Gasteiger partial charge in [-0.2, -0.15) is 0 Å². The molecule has 2 aromatic carbocycles. The van der Waals surface area contributed by atoms with Crippen molar-refractivity contribution in [2.75, 3.05) is 0 Å². The minimum Gasteiger partial charge on any atom is -0.433 e. The van der Waals surface area contributed by atoms with Crippen molar-refractivity contribution in [3.8, 4) is 0 Å². The van der Waals surface area contributed by atoms with Gasteiger partial charge in [-0.25, -0.2) is 4.39 Å². The number of halogens is 1. The van der Waals surface area contributed by atoms with Crippen molar-refractivity contribution in [1.82, 2.24) is 0 Å². The Labute approximate surface area is 253 Å². The van der Waals surface area contributed by atoms with E-state index in [-0.39, 0.29) is 17.5 Å². The van der Waals surface area contributed by atoms with Crippen LogP contribution in [0.5, 0.6) is 0 Å². The zero-order valence-electron chi connectivity index (χ0n) is 23.8. The Morgan fingerprint density at radius 2 is 1.50 bits per heavy atom. The molecule has 4 rings (SSSR count). The van der Waals surface area contributed by atoms with Gasteiger partial charge in [0.2, 0.25) is 6.29 Å². The largest absolute Gasteiger partial charge is 0.433 e. The lowest BCUT2D eigenvalue weighted by molar-refractivity contribution is -0.521. The molecule has 1 aliphatic heterocycles. The van der Waals surface area contributed by atoms with Gasteiger partial charge in [0, 0.05) is 43.7 Å². The van der Waals surface area contributed by atoms with Crippen LogP contribution in [0.4, 0.5) is 4.39 Å². The number of aliphatic hydroxyl groups is 4. The second kappa shape index (κ2) is 12.2. The Kier molecular flexibility index (Phi) is 9.11. The van der Waals surface area contributed by atoms with E-state index in [9.17, 15) is 39.6 Å². The molecule has 0 radical (unpaired) electrons. The highest BCUT2D eigenvalue weighted by atomic mass is 32.1. The van der Waals surface area contributed by atoms with E-state index in [1.54, 1.807) is 0 Å². The van der Waals surface area contributed by atoms with Crippen molar-refractivity contribution in [3.05, 3.63) is 70.4 Å². The average molecular weight is 637 g/mol. The smallest absolute Gasteiger partial charge is 0.349 e. The summed E-state index contributed by atoms with van der Waals surface area (Å²) in [4.78, 5) is 49.0. The molecule has 0 amide bonds. The van der Waals surface area contributed by atoms with Crippen LogP contribution >= 0.6 is 11.3 Å². The van der Waals surface area contributed by atoms with E-state index < -0.39 is 65.6 Å². The highest BCUT2D eigenvalue weighted by molar-refractivity contribution is 7.19. The van der Waals surface area contributed by atoms with Crippen molar-refractivity contribution >= 4 is 45.3 Å². The van der Waals surface area contributed by atoms with Crippen molar-refractivity contribution in [1.29, 1.82) is 0 Å². The zero-order valence-corrected chi connectivity index (χ0v) is 24.6. The van der Waals surface area contributed by atoms with Crippen molar-refractivity contribution < 1.29 is 67.7 Å². The van der Waals surface area contributed by atoms with Gasteiger partial charge in [0.1, 0.15) is 5.82 Å². The first kappa shape index (κ1) is 32.9.